The van der Waals surface area contributed by atoms with Crippen LogP contribution in [0.5, 0.6) is 0 Å². The molecule has 0 aromatic carbocycles. The molecule has 2 aromatic rings. The van der Waals surface area contributed by atoms with E-state index in [0.29, 0.717) is 35.7 Å². The van der Waals surface area contributed by atoms with E-state index in [1.165, 1.54) is 0 Å². The third kappa shape index (κ3) is 3.77. The van der Waals surface area contributed by atoms with Crippen molar-refractivity contribution in [3.63, 3.8) is 0 Å². The maximum Gasteiger partial charge on any atom is 0.280 e. The number of thioether (sulfide) groups is 1. The minimum Gasteiger partial charge on any atom is -0.332 e. The number of nitrogens with two attached hydrogens (primary N) is 1. The lowest BCUT2D eigenvalue weighted by atomic mass is 10.4. The van der Waals surface area contributed by atoms with Crippen LogP contribution in [0.25, 0.3) is 11.6 Å². The van der Waals surface area contributed by atoms with E-state index in [1.54, 1.807) is 10.9 Å². The summed E-state index contributed by atoms with van der Waals surface area (Å²) in [5, 5.41) is 12.5. The van der Waals surface area contributed by atoms with Crippen molar-refractivity contribution < 1.29 is 4.52 Å². The topological polar surface area (TPSA) is 95.7 Å². The van der Waals surface area contributed by atoms with Gasteiger partial charge in [0.25, 0.3) is 5.89 Å². The van der Waals surface area contributed by atoms with Gasteiger partial charge in [0.1, 0.15) is 0 Å². The summed E-state index contributed by atoms with van der Waals surface area (Å²) in [4.78, 5) is 4.31. The van der Waals surface area contributed by atoms with E-state index >= 15 is 0 Å². The summed E-state index contributed by atoms with van der Waals surface area (Å²) in [6.07, 6.45) is 2.88. The number of hydrogen-bond donors (Lipinski definition) is 1. The summed E-state index contributed by atoms with van der Waals surface area (Å²) in [5.74, 6) is 1.84. The second-order valence-electron chi connectivity index (χ2n) is 4.20. The van der Waals surface area contributed by atoms with Gasteiger partial charge >= 0.3 is 0 Å². The van der Waals surface area contributed by atoms with E-state index in [1.807, 2.05) is 11.8 Å². The zero-order valence-electron chi connectivity index (χ0n) is 11.1. The summed E-state index contributed by atoms with van der Waals surface area (Å²) >= 11 is 1.81. The molecule has 2 N–H and O–H groups in total. The van der Waals surface area contributed by atoms with Gasteiger partial charge in [-0.15, -0.1) is 5.10 Å². The first-order valence-corrected chi connectivity index (χ1v) is 7.32. The monoisotopic (exact) mass is 282 g/mol. The second-order valence-corrected chi connectivity index (χ2v) is 5.63. The molecule has 0 saturated heterocycles. The van der Waals surface area contributed by atoms with Crippen LogP contribution in [0, 0.1) is 0 Å². The normalized spacial score (nSPS) is 12.8. The van der Waals surface area contributed by atoms with Gasteiger partial charge in [0.2, 0.25) is 0 Å². The summed E-state index contributed by atoms with van der Waals surface area (Å²) < 4.78 is 6.85. The molecule has 19 heavy (non-hydrogen) atoms. The Balaban J connectivity index is 1.99. The van der Waals surface area contributed by atoms with Crippen LogP contribution in [0.2, 0.25) is 0 Å². The van der Waals surface area contributed by atoms with Crippen LogP contribution in [0.1, 0.15) is 26.1 Å². The molecule has 0 aliphatic heterocycles. The lowest BCUT2D eigenvalue weighted by molar-refractivity contribution is 0.424. The number of hydrogen-bond acceptors (Lipinski definition) is 7. The van der Waals surface area contributed by atoms with Crippen molar-refractivity contribution in [3.05, 3.63) is 12.0 Å². The molecule has 0 spiro atoms. The van der Waals surface area contributed by atoms with Crippen molar-refractivity contribution in [3.8, 4) is 11.6 Å². The van der Waals surface area contributed by atoms with Crippen LogP contribution in [0.3, 0.4) is 0 Å². The largest absolute Gasteiger partial charge is 0.332 e. The fraction of sp³-hybridized carbons (Fsp3) is 0.636. The molecule has 0 amide bonds. The Morgan fingerprint density at radius 2 is 2.37 bits per heavy atom. The molecule has 0 aliphatic rings. The van der Waals surface area contributed by atoms with Crippen molar-refractivity contribution in [2.24, 2.45) is 5.73 Å². The first-order chi connectivity index (χ1) is 9.22. The van der Waals surface area contributed by atoms with E-state index in [0.717, 1.165) is 12.2 Å². The van der Waals surface area contributed by atoms with Gasteiger partial charge in [-0.2, -0.15) is 16.7 Å². The second kappa shape index (κ2) is 6.67. The Kier molecular flexibility index (Phi) is 4.92. The van der Waals surface area contributed by atoms with Gasteiger partial charge in [0, 0.05) is 11.8 Å². The van der Waals surface area contributed by atoms with Gasteiger partial charge in [-0.3, -0.25) is 4.68 Å². The Hall–Kier alpha value is -1.41. The summed E-state index contributed by atoms with van der Waals surface area (Å²) in [5.41, 5.74) is 6.03. The van der Waals surface area contributed by atoms with Crippen molar-refractivity contribution in [2.75, 3.05) is 6.54 Å². The molecule has 2 rings (SSSR count). The van der Waals surface area contributed by atoms with Gasteiger partial charge in [-0.05, 0) is 6.42 Å². The third-order valence-corrected chi connectivity index (χ3v) is 3.98. The predicted octanol–water partition coefficient (Wildman–Crippen LogP) is 1.32. The number of aromatic nitrogens is 5. The molecule has 8 heteroatoms. The van der Waals surface area contributed by atoms with Crippen LogP contribution in [-0.2, 0) is 12.3 Å². The fourth-order valence-electron chi connectivity index (χ4n) is 1.39. The average Bonchev–Trinajstić information content (AvgIpc) is 3.05. The van der Waals surface area contributed by atoms with Gasteiger partial charge in [-0.25, -0.2) is 0 Å². The molecule has 1 atom stereocenters. The number of rotatable bonds is 7. The summed E-state index contributed by atoms with van der Waals surface area (Å²) in [6.45, 7) is 5.49. The van der Waals surface area contributed by atoms with Gasteiger partial charge < -0.3 is 10.3 Å². The Morgan fingerprint density at radius 1 is 1.53 bits per heavy atom. The summed E-state index contributed by atoms with van der Waals surface area (Å²) in [6, 6.07) is 0. The molecule has 0 aliphatic carbocycles. The zero-order chi connectivity index (χ0) is 13.7. The molecule has 7 nitrogen and oxygen atoms in total. The molecular weight excluding hydrogens is 264 g/mol. The van der Waals surface area contributed by atoms with Crippen LogP contribution < -0.4 is 5.73 Å². The molecule has 2 heterocycles. The lowest BCUT2D eigenvalue weighted by Crippen LogP contribution is -2.10. The van der Waals surface area contributed by atoms with E-state index in [2.05, 4.69) is 34.3 Å². The minimum absolute atomic E-state index is 0.406. The maximum atomic E-state index is 5.45. The van der Waals surface area contributed by atoms with E-state index in [9.17, 15) is 0 Å². The van der Waals surface area contributed by atoms with E-state index < -0.39 is 0 Å². The van der Waals surface area contributed by atoms with Crippen LogP contribution in [0.15, 0.2) is 10.7 Å². The molecule has 0 bridgehead atoms. The van der Waals surface area contributed by atoms with Crippen LogP contribution in [0.4, 0.5) is 0 Å². The van der Waals surface area contributed by atoms with Crippen LogP contribution >= 0.6 is 11.8 Å². The van der Waals surface area contributed by atoms with Crippen molar-refractivity contribution in [1.29, 1.82) is 0 Å². The van der Waals surface area contributed by atoms with E-state index in [-0.39, 0.29) is 0 Å². The van der Waals surface area contributed by atoms with Crippen LogP contribution in [-0.4, -0.2) is 36.9 Å². The Morgan fingerprint density at radius 3 is 3.11 bits per heavy atom. The Bertz CT molecular complexity index is 511. The average molecular weight is 282 g/mol. The third-order valence-electron chi connectivity index (χ3n) is 2.66. The molecule has 0 fully saturated rings. The SMILES string of the molecule is CCC(C)SCc1noc(-c2cn(CCN)nn2)n1. The highest BCUT2D eigenvalue weighted by atomic mass is 32.2. The highest BCUT2D eigenvalue weighted by Crippen LogP contribution is 2.20. The van der Waals surface area contributed by atoms with Crippen molar-refractivity contribution in [1.82, 2.24) is 25.1 Å². The molecule has 1 unspecified atom stereocenters. The molecule has 0 radical (unpaired) electrons. The van der Waals surface area contributed by atoms with Crippen molar-refractivity contribution in [2.45, 2.75) is 37.8 Å². The number of nitrogens with zero attached hydrogens (tertiary/aromatic N) is 5. The first-order valence-electron chi connectivity index (χ1n) is 6.27. The fourth-order valence-corrected chi connectivity index (χ4v) is 2.18. The van der Waals surface area contributed by atoms with Crippen molar-refractivity contribution >= 4 is 11.8 Å². The van der Waals surface area contributed by atoms with E-state index in [4.69, 9.17) is 10.3 Å². The van der Waals surface area contributed by atoms with Gasteiger partial charge in [0.15, 0.2) is 11.5 Å². The molecule has 2 aromatic heterocycles. The minimum atomic E-state index is 0.406. The maximum absolute atomic E-state index is 5.45. The lowest BCUT2D eigenvalue weighted by Gasteiger charge is -2.04. The highest BCUT2D eigenvalue weighted by Gasteiger charge is 2.13. The molecule has 0 saturated carbocycles. The highest BCUT2D eigenvalue weighted by molar-refractivity contribution is 7.99. The smallest absolute Gasteiger partial charge is 0.280 e. The standard InChI is InChI=1S/C11H18N6OS/c1-3-8(2)19-7-10-13-11(18-15-10)9-6-17(5-4-12)16-14-9/h6,8H,3-5,7,12H2,1-2H3. The molecular formula is C11H18N6OS. The molecule has 104 valence electrons. The van der Waals surface area contributed by atoms with Gasteiger partial charge in [0.05, 0.1) is 18.5 Å². The first kappa shape index (κ1) is 14.0. The summed E-state index contributed by atoms with van der Waals surface area (Å²) in [7, 11) is 0. The Labute approximate surface area is 115 Å². The zero-order valence-corrected chi connectivity index (χ0v) is 11.9. The van der Waals surface area contributed by atoms with Gasteiger partial charge in [-0.1, -0.05) is 24.2 Å². The predicted molar refractivity (Wildman–Crippen MR) is 73.4 cm³/mol. The quantitative estimate of drug-likeness (QED) is 0.818.